The summed E-state index contributed by atoms with van der Waals surface area (Å²) >= 11 is 0. The van der Waals surface area contributed by atoms with Gasteiger partial charge in [0.05, 0.1) is 23.4 Å². The van der Waals surface area contributed by atoms with E-state index in [2.05, 4.69) is 36.4 Å². The van der Waals surface area contributed by atoms with Crippen molar-refractivity contribution in [2.24, 2.45) is 11.1 Å². The number of nitrogens with two attached hydrogens (primary N) is 1. The average molecular weight is 217 g/mol. The molecule has 0 fully saturated rings. The summed E-state index contributed by atoms with van der Waals surface area (Å²) in [6, 6.07) is 8.45. The van der Waals surface area contributed by atoms with Gasteiger partial charge in [-0.15, -0.1) is 0 Å². The van der Waals surface area contributed by atoms with E-state index >= 15 is 0 Å². The summed E-state index contributed by atoms with van der Waals surface area (Å²) in [5.74, 6) is 0. The van der Waals surface area contributed by atoms with Crippen LogP contribution in [0.2, 0.25) is 0 Å². The van der Waals surface area contributed by atoms with Crippen molar-refractivity contribution in [2.45, 2.75) is 26.8 Å². The van der Waals surface area contributed by atoms with Gasteiger partial charge in [0.2, 0.25) is 0 Å². The molecule has 0 aliphatic carbocycles. The summed E-state index contributed by atoms with van der Waals surface area (Å²) in [6.07, 6.45) is 1.90. The minimum atomic E-state index is 0.137. The fraction of sp³-hybridized carbons (Fsp3) is 0.462. The number of aromatic nitrogens is 2. The van der Waals surface area contributed by atoms with Crippen LogP contribution in [-0.2, 0) is 0 Å². The summed E-state index contributed by atoms with van der Waals surface area (Å²) in [5.41, 5.74) is 8.22. The first-order valence-electron chi connectivity index (χ1n) is 5.65. The van der Waals surface area contributed by atoms with Crippen LogP contribution < -0.4 is 5.73 Å². The summed E-state index contributed by atoms with van der Waals surface area (Å²) < 4.78 is 2.19. The van der Waals surface area contributed by atoms with Gasteiger partial charge in [-0.1, -0.05) is 32.9 Å². The SMILES string of the molecule is CC(C)(C)C(CN)n1cnc2ccccc21. The molecule has 1 aromatic carbocycles. The molecule has 0 bridgehead atoms. The Labute approximate surface area is 96.3 Å². The fourth-order valence-electron chi connectivity index (χ4n) is 2.11. The molecule has 2 rings (SSSR count). The second-order valence-electron chi connectivity index (χ2n) is 5.26. The van der Waals surface area contributed by atoms with Gasteiger partial charge in [0, 0.05) is 6.54 Å². The largest absolute Gasteiger partial charge is 0.328 e. The fourth-order valence-corrected chi connectivity index (χ4v) is 2.11. The molecule has 1 aromatic heterocycles. The van der Waals surface area contributed by atoms with Gasteiger partial charge >= 0.3 is 0 Å². The third-order valence-electron chi connectivity index (χ3n) is 3.04. The third kappa shape index (κ3) is 1.83. The van der Waals surface area contributed by atoms with Crippen molar-refractivity contribution < 1.29 is 0 Å². The lowest BCUT2D eigenvalue weighted by atomic mass is 9.86. The van der Waals surface area contributed by atoms with Gasteiger partial charge in [0.1, 0.15) is 0 Å². The molecule has 1 atom stereocenters. The first-order valence-corrected chi connectivity index (χ1v) is 5.65. The number of hydrogen-bond donors (Lipinski definition) is 1. The normalized spacial score (nSPS) is 14.2. The van der Waals surface area contributed by atoms with Gasteiger partial charge in [0.25, 0.3) is 0 Å². The summed E-state index contributed by atoms with van der Waals surface area (Å²) in [4.78, 5) is 4.41. The second kappa shape index (κ2) is 3.91. The zero-order valence-electron chi connectivity index (χ0n) is 10.1. The minimum Gasteiger partial charge on any atom is -0.328 e. The van der Waals surface area contributed by atoms with Crippen molar-refractivity contribution in [1.82, 2.24) is 9.55 Å². The van der Waals surface area contributed by atoms with E-state index in [0.29, 0.717) is 6.54 Å². The first-order chi connectivity index (χ1) is 7.54. The molecule has 3 heteroatoms. The summed E-state index contributed by atoms with van der Waals surface area (Å²) in [6.45, 7) is 7.25. The molecule has 0 aliphatic rings. The molecule has 3 nitrogen and oxygen atoms in total. The Kier molecular flexibility index (Phi) is 2.72. The van der Waals surface area contributed by atoms with Crippen molar-refractivity contribution in [3.05, 3.63) is 30.6 Å². The van der Waals surface area contributed by atoms with Gasteiger partial charge in [-0.2, -0.15) is 0 Å². The van der Waals surface area contributed by atoms with Gasteiger partial charge in [-0.05, 0) is 17.5 Å². The van der Waals surface area contributed by atoms with Crippen molar-refractivity contribution in [2.75, 3.05) is 6.54 Å². The van der Waals surface area contributed by atoms with Crippen LogP contribution in [0.25, 0.3) is 11.0 Å². The van der Waals surface area contributed by atoms with E-state index in [9.17, 15) is 0 Å². The van der Waals surface area contributed by atoms with Crippen LogP contribution in [0.1, 0.15) is 26.8 Å². The lowest BCUT2D eigenvalue weighted by molar-refractivity contribution is 0.253. The standard InChI is InChI=1S/C13H19N3/c1-13(2,3)12(8-14)16-9-15-10-6-4-5-7-11(10)16/h4-7,9,12H,8,14H2,1-3H3. The average Bonchev–Trinajstić information content (AvgIpc) is 2.61. The maximum atomic E-state index is 5.89. The first kappa shape index (κ1) is 11.1. The van der Waals surface area contributed by atoms with E-state index in [4.69, 9.17) is 5.73 Å². The maximum absolute atomic E-state index is 5.89. The topological polar surface area (TPSA) is 43.8 Å². The van der Waals surface area contributed by atoms with Gasteiger partial charge < -0.3 is 10.3 Å². The molecule has 2 N–H and O–H groups in total. The van der Waals surface area contributed by atoms with Gasteiger partial charge in [-0.3, -0.25) is 0 Å². The van der Waals surface area contributed by atoms with E-state index in [1.807, 2.05) is 24.5 Å². The molecule has 0 saturated carbocycles. The predicted octanol–water partition coefficient (Wildman–Crippen LogP) is 2.58. The number of benzene rings is 1. The number of para-hydroxylation sites is 2. The molecule has 1 unspecified atom stereocenters. The minimum absolute atomic E-state index is 0.137. The quantitative estimate of drug-likeness (QED) is 0.840. The molecule has 2 aromatic rings. The van der Waals surface area contributed by atoms with E-state index in [-0.39, 0.29) is 11.5 Å². The Bertz CT molecular complexity index is 479. The number of nitrogens with zero attached hydrogens (tertiary/aromatic N) is 2. The lowest BCUT2D eigenvalue weighted by Gasteiger charge is -2.31. The Balaban J connectivity index is 2.54. The number of fused-ring (bicyclic) bond motifs is 1. The highest BCUT2D eigenvalue weighted by Crippen LogP contribution is 2.31. The highest BCUT2D eigenvalue weighted by Gasteiger charge is 2.25. The molecular weight excluding hydrogens is 198 g/mol. The molecule has 0 saturated heterocycles. The van der Waals surface area contributed by atoms with Crippen molar-refractivity contribution in [3.8, 4) is 0 Å². The van der Waals surface area contributed by atoms with Crippen LogP contribution in [0.3, 0.4) is 0 Å². The molecule has 0 amide bonds. The van der Waals surface area contributed by atoms with E-state index in [1.54, 1.807) is 0 Å². The van der Waals surface area contributed by atoms with Crippen molar-refractivity contribution in [1.29, 1.82) is 0 Å². The van der Waals surface area contributed by atoms with Crippen LogP contribution in [0.5, 0.6) is 0 Å². The molecule has 0 radical (unpaired) electrons. The Hall–Kier alpha value is -1.35. The molecule has 0 spiro atoms. The predicted molar refractivity (Wildman–Crippen MR) is 67.3 cm³/mol. The van der Waals surface area contributed by atoms with Crippen molar-refractivity contribution >= 4 is 11.0 Å². The van der Waals surface area contributed by atoms with Crippen LogP contribution in [0.15, 0.2) is 30.6 Å². The zero-order valence-corrected chi connectivity index (χ0v) is 10.1. The Morgan fingerprint density at radius 3 is 2.62 bits per heavy atom. The lowest BCUT2D eigenvalue weighted by Crippen LogP contribution is -2.30. The third-order valence-corrected chi connectivity index (χ3v) is 3.04. The maximum Gasteiger partial charge on any atom is 0.0961 e. The zero-order chi connectivity index (χ0) is 11.8. The smallest absolute Gasteiger partial charge is 0.0961 e. The van der Waals surface area contributed by atoms with E-state index in [0.717, 1.165) is 11.0 Å². The molecule has 0 aliphatic heterocycles. The highest BCUT2D eigenvalue weighted by molar-refractivity contribution is 5.75. The molecular formula is C13H19N3. The van der Waals surface area contributed by atoms with Crippen LogP contribution in [0, 0.1) is 5.41 Å². The molecule has 1 heterocycles. The van der Waals surface area contributed by atoms with Crippen LogP contribution >= 0.6 is 0 Å². The summed E-state index contributed by atoms with van der Waals surface area (Å²) in [5, 5.41) is 0. The van der Waals surface area contributed by atoms with E-state index < -0.39 is 0 Å². The van der Waals surface area contributed by atoms with E-state index in [1.165, 1.54) is 0 Å². The number of rotatable bonds is 2. The van der Waals surface area contributed by atoms with Crippen LogP contribution in [0.4, 0.5) is 0 Å². The van der Waals surface area contributed by atoms with Crippen molar-refractivity contribution in [3.63, 3.8) is 0 Å². The summed E-state index contributed by atoms with van der Waals surface area (Å²) in [7, 11) is 0. The van der Waals surface area contributed by atoms with Crippen LogP contribution in [-0.4, -0.2) is 16.1 Å². The highest BCUT2D eigenvalue weighted by atomic mass is 15.1. The molecule has 86 valence electrons. The number of imidazole rings is 1. The Morgan fingerprint density at radius 1 is 1.31 bits per heavy atom. The monoisotopic (exact) mass is 217 g/mol. The van der Waals surface area contributed by atoms with Gasteiger partial charge in [-0.25, -0.2) is 4.98 Å². The van der Waals surface area contributed by atoms with Gasteiger partial charge in [0.15, 0.2) is 0 Å². The molecule has 16 heavy (non-hydrogen) atoms. The second-order valence-corrected chi connectivity index (χ2v) is 5.26. The Morgan fingerprint density at radius 2 is 2.00 bits per heavy atom. The number of hydrogen-bond acceptors (Lipinski definition) is 2.